The lowest BCUT2D eigenvalue weighted by atomic mass is 9.34. The number of ether oxygens (including phenoxy) is 2. The molecule has 1 unspecified atom stereocenters. The molecule has 3 nitrogen and oxygen atoms in total. The lowest BCUT2D eigenvalue weighted by Gasteiger charge is -2.38. The molecule has 7 rings (SSSR count). The van der Waals surface area contributed by atoms with Crippen molar-refractivity contribution in [3.05, 3.63) is 90.5 Å². The molecular formula is C33H32BNO2. The highest BCUT2D eigenvalue weighted by Crippen LogP contribution is 2.49. The molecule has 0 amide bonds. The van der Waals surface area contributed by atoms with E-state index in [0.29, 0.717) is 0 Å². The number of unbranched alkanes of at least 4 members (excludes halogenated alkanes) is 3. The number of rotatable bonds is 7. The highest BCUT2D eigenvalue weighted by Gasteiger charge is 2.48. The first kappa shape index (κ1) is 22.5. The third-order valence-corrected chi connectivity index (χ3v) is 8.51. The van der Waals surface area contributed by atoms with Crippen molar-refractivity contribution in [1.82, 2.24) is 0 Å². The summed E-state index contributed by atoms with van der Waals surface area (Å²) in [5, 5.41) is 0. The van der Waals surface area contributed by atoms with Gasteiger partial charge in [-0.15, -0.1) is 0 Å². The Morgan fingerprint density at radius 2 is 1.68 bits per heavy atom. The maximum Gasteiger partial charge on any atom is 0.256 e. The summed E-state index contributed by atoms with van der Waals surface area (Å²) in [5.41, 5.74) is 8.21. The zero-order valence-electron chi connectivity index (χ0n) is 21.7. The number of nitrogens with zero attached hydrogens (tertiary/aromatic N) is 1. The topological polar surface area (TPSA) is 21.7 Å². The minimum absolute atomic E-state index is 0.128. The van der Waals surface area contributed by atoms with Crippen LogP contribution in [0.4, 0.5) is 11.4 Å². The van der Waals surface area contributed by atoms with Gasteiger partial charge in [0.2, 0.25) is 0 Å². The maximum atomic E-state index is 6.64. The standard InChI is InChI=1S/C33H32BNO2/c1-3-4-5-9-21-33(2)22-35-27-18-12-19-28-30(27)34(25-16-10-15-24(33)31(25)35)26-17-11-20-29(32(26)37-28)36-23-13-7-6-8-14-23/h6-8,10-20H,3-5,9,21-22H2,1-2H3. The van der Waals surface area contributed by atoms with Gasteiger partial charge in [0, 0.05) is 23.3 Å². The number of benzene rings is 4. The van der Waals surface area contributed by atoms with E-state index in [1.165, 1.54) is 65.4 Å². The second kappa shape index (κ2) is 8.73. The SMILES string of the molecule is CCCCCCC1(C)CN2c3cccc4c3B(c3cccc(Oc5ccccc5)c3O4)c3cccc1c32. The fourth-order valence-electron chi connectivity index (χ4n) is 6.76. The minimum atomic E-state index is 0.128. The average molecular weight is 485 g/mol. The van der Waals surface area contributed by atoms with E-state index >= 15 is 0 Å². The molecule has 184 valence electrons. The number of hydrogen-bond donors (Lipinski definition) is 0. The van der Waals surface area contributed by atoms with Crippen LogP contribution in [0.2, 0.25) is 0 Å². The van der Waals surface area contributed by atoms with Crippen LogP contribution >= 0.6 is 0 Å². The molecule has 4 aromatic rings. The smallest absolute Gasteiger partial charge is 0.256 e. The molecule has 37 heavy (non-hydrogen) atoms. The minimum Gasteiger partial charge on any atom is -0.454 e. The second-order valence-electron chi connectivity index (χ2n) is 11.0. The molecule has 4 heteroatoms. The highest BCUT2D eigenvalue weighted by atomic mass is 16.5. The Labute approximate surface area is 220 Å². The van der Waals surface area contributed by atoms with Crippen LogP contribution in [0.5, 0.6) is 23.0 Å². The van der Waals surface area contributed by atoms with Gasteiger partial charge in [-0.2, -0.15) is 0 Å². The van der Waals surface area contributed by atoms with Gasteiger partial charge in [0.25, 0.3) is 6.71 Å². The van der Waals surface area contributed by atoms with E-state index in [1.807, 2.05) is 36.4 Å². The van der Waals surface area contributed by atoms with E-state index in [9.17, 15) is 0 Å². The predicted octanol–water partition coefficient (Wildman–Crippen LogP) is 6.79. The summed E-state index contributed by atoms with van der Waals surface area (Å²) < 4.78 is 13.0. The van der Waals surface area contributed by atoms with Crippen LogP contribution < -0.4 is 30.8 Å². The van der Waals surface area contributed by atoms with E-state index in [1.54, 1.807) is 0 Å². The molecule has 0 spiro atoms. The fraction of sp³-hybridized carbons (Fsp3) is 0.273. The number of fused-ring (bicyclic) bond motifs is 4. The monoisotopic (exact) mass is 485 g/mol. The van der Waals surface area contributed by atoms with Crippen molar-refractivity contribution >= 4 is 34.5 Å². The number of hydrogen-bond acceptors (Lipinski definition) is 3. The molecule has 0 aromatic heterocycles. The molecule has 0 aliphatic carbocycles. The highest BCUT2D eigenvalue weighted by molar-refractivity contribution is 6.99. The van der Waals surface area contributed by atoms with E-state index in [4.69, 9.17) is 9.47 Å². The van der Waals surface area contributed by atoms with Gasteiger partial charge in [0.1, 0.15) is 11.5 Å². The quantitative estimate of drug-likeness (QED) is 0.187. The van der Waals surface area contributed by atoms with Crippen LogP contribution in [0.3, 0.4) is 0 Å². The van der Waals surface area contributed by atoms with Gasteiger partial charge >= 0.3 is 0 Å². The first-order valence-corrected chi connectivity index (χ1v) is 13.8. The van der Waals surface area contributed by atoms with Gasteiger partial charge in [0.15, 0.2) is 11.5 Å². The van der Waals surface area contributed by atoms with E-state index in [2.05, 4.69) is 67.3 Å². The summed E-state index contributed by atoms with van der Waals surface area (Å²) in [6.07, 6.45) is 6.42. The van der Waals surface area contributed by atoms with Crippen LogP contribution in [0.25, 0.3) is 0 Å². The Bertz CT molecular complexity index is 1480. The Morgan fingerprint density at radius 3 is 2.54 bits per heavy atom. The van der Waals surface area contributed by atoms with Crippen LogP contribution in [0, 0.1) is 0 Å². The third kappa shape index (κ3) is 3.49. The molecular weight excluding hydrogens is 453 g/mol. The summed E-state index contributed by atoms with van der Waals surface area (Å²) in [5.74, 6) is 3.34. The van der Waals surface area contributed by atoms with Crippen molar-refractivity contribution in [3.8, 4) is 23.0 Å². The number of anilines is 2. The van der Waals surface area contributed by atoms with Gasteiger partial charge in [-0.1, -0.05) is 94.1 Å². The summed E-state index contributed by atoms with van der Waals surface area (Å²) >= 11 is 0. The predicted molar refractivity (Wildman–Crippen MR) is 154 cm³/mol. The van der Waals surface area contributed by atoms with Crippen molar-refractivity contribution in [2.24, 2.45) is 0 Å². The van der Waals surface area contributed by atoms with Crippen molar-refractivity contribution in [2.75, 3.05) is 11.4 Å². The molecule has 0 N–H and O–H groups in total. The molecule has 4 aromatic carbocycles. The molecule has 3 aliphatic rings. The normalized spacial score (nSPS) is 18.1. The van der Waals surface area contributed by atoms with Gasteiger partial charge in [-0.25, -0.2) is 0 Å². The molecule has 0 saturated carbocycles. The fourth-order valence-corrected chi connectivity index (χ4v) is 6.76. The van der Waals surface area contributed by atoms with Crippen LogP contribution in [0.15, 0.2) is 84.9 Å². The van der Waals surface area contributed by atoms with Gasteiger partial charge in [-0.05, 0) is 58.7 Å². The van der Waals surface area contributed by atoms with E-state index in [0.717, 1.165) is 29.5 Å². The average Bonchev–Trinajstić information content (AvgIpc) is 3.23. The van der Waals surface area contributed by atoms with E-state index < -0.39 is 0 Å². The zero-order valence-corrected chi connectivity index (χ0v) is 21.7. The Kier molecular flexibility index (Phi) is 5.32. The Balaban J connectivity index is 1.36. The summed E-state index contributed by atoms with van der Waals surface area (Å²) in [6.45, 7) is 5.91. The zero-order chi connectivity index (χ0) is 25.0. The lowest BCUT2D eigenvalue weighted by Crippen LogP contribution is -2.59. The first-order chi connectivity index (χ1) is 18.2. The largest absolute Gasteiger partial charge is 0.454 e. The molecule has 1 atom stereocenters. The summed E-state index contributed by atoms with van der Waals surface area (Å²) in [6, 6.07) is 29.8. The van der Waals surface area contributed by atoms with Gasteiger partial charge in [0.05, 0.1) is 0 Å². The van der Waals surface area contributed by atoms with Crippen molar-refractivity contribution in [1.29, 1.82) is 0 Å². The second-order valence-corrected chi connectivity index (χ2v) is 11.0. The van der Waals surface area contributed by atoms with Crippen LogP contribution in [-0.4, -0.2) is 13.3 Å². The maximum absolute atomic E-state index is 6.64. The molecule has 3 heterocycles. The molecule has 0 saturated heterocycles. The van der Waals surface area contributed by atoms with Crippen molar-refractivity contribution < 1.29 is 9.47 Å². The van der Waals surface area contributed by atoms with Gasteiger partial charge < -0.3 is 14.4 Å². The number of para-hydroxylation sites is 3. The van der Waals surface area contributed by atoms with Crippen molar-refractivity contribution in [3.63, 3.8) is 0 Å². The van der Waals surface area contributed by atoms with Gasteiger partial charge in [-0.3, -0.25) is 0 Å². The molecule has 0 radical (unpaired) electrons. The van der Waals surface area contributed by atoms with Crippen molar-refractivity contribution in [2.45, 2.75) is 51.4 Å². The van der Waals surface area contributed by atoms with Crippen LogP contribution in [-0.2, 0) is 5.41 Å². The summed E-state index contributed by atoms with van der Waals surface area (Å²) in [4.78, 5) is 2.58. The molecule has 0 bridgehead atoms. The van der Waals surface area contributed by atoms with Crippen LogP contribution in [0.1, 0.15) is 51.5 Å². The summed E-state index contributed by atoms with van der Waals surface area (Å²) in [7, 11) is 0. The molecule has 3 aliphatic heterocycles. The molecule has 0 fully saturated rings. The Morgan fingerprint density at radius 1 is 0.865 bits per heavy atom. The first-order valence-electron chi connectivity index (χ1n) is 13.8. The lowest BCUT2D eigenvalue weighted by molar-refractivity contribution is 0.421. The Hall–Kier alpha value is -3.66. The third-order valence-electron chi connectivity index (χ3n) is 8.51. The van der Waals surface area contributed by atoms with E-state index in [-0.39, 0.29) is 12.1 Å².